The maximum atomic E-state index is 12.7. The second-order valence-electron chi connectivity index (χ2n) is 16.4. The second-order valence-corrected chi connectivity index (χ2v) is 17.8. The first kappa shape index (κ1) is 51.7. The normalized spacial score (nSPS) is 13.3. The summed E-state index contributed by atoms with van der Waals surface area (Å²) in [4.78, 5) is 37.3. The lowest BCUT2D eigenvalue weighted by atomic mass is 10.0. The molecular weight excluding hydrogens is 757 g/mol. The van der Waals surface area contributed by atoms with E-state index in [2.05, 4.69) is 40.7 Å². The number of nitrogens with zero attached hydrogens (tertiary/aromatic N) is 1. The molecule has 0 saturated heterocycles. The molecule has 0 spiro atoms. The Morgan fingerprint density at radius 2 is 1.17 bits per heavy atom. The maximum Gasteiger partial charge on any atom is 0.472 e. The van der Waals surface area contributed by atoms with Crippen LogP contribution in [0.15, 0.2) is 14.9 Å². The summed E-state index contributed by atoms with van der Waals surface area (Å²) in [6, 6.07) is 2.18. The lowest BCUT2D eigenvalue weighted by molar-refractivity contribution is -0.161. The molecular formula is C46H80NO10P. The van der Waals surface area contributed by atoms with E-state index in [9.17, 15) is 19.0 Å². The Kier molecular flexibility index (Phi) is 27.3. The molecule has 0 fully saturated rings. The van der Waals surface area contributed by atoms with E-state index in [0.29, 0.717) is 19.4 Å². The zero-order valence-electron chi connectivity index (χ0n) is 37.5. The number of furan rings is 2. The highest BCUT2D eigenvalue weighted by atomic mass is 31.2. The minimum Gasteiger partial charge on any atom is -0.466 e. The smallest absolute Gasteiger partial charge is 0.466 e. The number of rotatable bonds is 36. The van der Waals surface area contributed by atoms with Crippen molar-refractivity contribution in [1.82, 2.24) is 4.90 Å². The highest BCUT2D eigenvalue weighted by Gasteiger charge is 2.26. The van der Waals surface area contributed by atoms with Crippen molar-refractivity contribution in [2.45, 2.75) is 195 Å². The van der Waals surface area contributed by atoms with Crippen LogP contribution in [0.25, 0.3) is 0 Å². The predicted octanol–water partition coefficient (Wildman–Crippen LogP) is 11.7. The quantitative estimate of drug-likeness (QED) is 0.0399. The van der Waals surface area contributed by atoms with Crippen molar-refractivity contribution in [3.63, 3.8) is 0 Å². The van der Waals surface area contributed by atoms with Gasteiger partial charge in [-0.25, -0.2) is 4.57 Å². The van der Waals surface area contributed by atoms with Crippen LogP contribution in [0.3, 0.4) is 0 Å². The molecule has 2 atom stereocenters. The summed E-state index contributed by atoms with van der Waals surface area (Å²) < 4.78 is 45.8. The molecule has 334 valence electrons. The van der Waals surface area contributed by atoms with Crippen molar-refractivity contribution < 1.29 is 46.4 Å². The number of esters is 2. The molecule has 2 aromatic heterocycles. The number of ether oxygens (including phenoxy) is 2. The van der Waals surface area contributed by atoms with Gasteiger partial charge in [0.25, 0.3) is 0 Å². The first-order valence-electron chi connectivity index (χ1n) is 22.6. The zero-order valence-corrected chi connectivity index (χ0v) is 38.4. The van der Waals surface area contributed by atoms with Crippen LogP contribution in [0.1, 0.15) is 182 Å². The highest BCUT2D eigenvalue weighted by Crippen LogP contribution is 2.43. The van der Waals surface area contributed by atoms with Gasteiger partial charge in [-0.05, 0) is 96.1 Å². The van der Waals surface area contributed by atoms with Crippen molar-refractivity contribution in [3.05, 3.63) is 45.8 Å². The van der Waals surface area contributed by atoms with Crippen molar-refractivity contribution in [2.75, 3.05) is 40.5 Å². The molecule has 0 aliphatic rings. The van der Waals surface area contributed by atoms with Gasteiger partial charge >= 0.3 is 19.8 Å². The van der Waals surface area contributed by atoms with E-state index in [1.165, 1.54) is 48.8 Å². The van der Waals surface area contributed by atoms with Gasteiger partial charge in [0, 0.05) is 45.1 Å². The lowest BCUT2D eigenvalue weighted by Crippen LogP contribution is -2.29. The van der Waals surface area contributed by atoms with Gasteiger partial charge in [0.2, 0.25) is 0 Å². The van der Waals surface area contributed by atoms with Crippen molar-refractivity contribution in [2.24, 2.45) is 0 Å². The van der Waals surface area contributed by atoms with Gasteiger partial charge in [-0.15, -0.1) is 0 Å². The number of carbonyl (C=O) groups excluding carboxylic acids is 2. The number of phosphoric ester groups is 1. The third-order valence-corrected chi connectivity index (χ3v) is 11.7. The average Bonchev–Trinajstić information content (AvgIpc) is 3.66. The van der Waals surface area contributed by atoms with Gasteiger partial charge in [0.15, 0.2) is 6.10 Å². The predicted molar refractivity (Wildman–Crippen MR) is 231 cm³/mol. The minimum absolute atomic E-state index is 0.00582. The molecule has 12 heteroatoms. The highest BCUT2D eigenvalue weighted by molar-refractivity contribution is 7.47. The number of unbranched alkanes of at least 4 members (excludes halogenated alkanes) is 14. The van der Waals surface area contributed by atoms with Crippen LogP contribution in [0.4, 0.5) is 0 Å². The van der Waals surface area contributed by atoms with E-state index in [1.54, 1.807) is 0 Å². The topological polar surface area (TPSA) is 138 Å². The number of hydrogen-bond acceptors (Lipinski definition) is 10. The maximum absolute atomic E-state index is 12.7. The van der Waals surface area contributed by atoms with Gasteiger partial charge in [-0.3, -0.25) is 18.6 Å². The fourth-order valence-corrected chi connectivity index (χ4v) is 7.73. The molecule has 0 aliphatic heterocycles. The van der Waals surface area contributed by atoms with Crippen LogP contribution in [-0.2, 0) is 58.4 Å². The largest absolute Gasteiger partial charge is 0.472 e. The van der Waals surface area contributed by atoms with Crippen LogP contribution in [-0.4, -0.2) is 68.3 Å². The van der Waals surface area contributed by atoms with Gasteiger partial charge in [-0.1, -0.05) is 90.9 Å². The molecule has 0 saturated carbocycles. The number of carbonyl (C=O) groups is 2. The van der Waals surface area contributed by atoms with Gasteiger partial charge in [0.1, 0.15) is 29.6 Å². The molecule has 2 rings (SSSR count). The molecule has 0 aliphatic carbocycles. The third kappa shape index (κ3) is 23.4. The van der Waals surface area contributed by atoms with Crippen LogP contribution in [0, 0.1) is 20.8 Å². The Balaban J connectivity index is 1.64. The fourth-order valence-electron chi connectivity index (χ4n) is 6.99. The summed E-state index contributed by atoms with van der Waals surface area (Å²) in [5.74, 6) is 3.66. The summed E-state index contributed by atoms with van der Waals surface area (Å²) in [7, 11) is -0.748. The van der Waals surface area contributed by atoms with E-state index in [1.807, 2.05) is 19.0 Å². The Bertz CT molecular complexity index is 1450. The molecule has 11 nitrogen and oxygen atoms in total. The minimum atomic E-state index is -4.39. The number of hydrogen-bond donors (Lipinski definition) is 1. The van der Waals surface area contributed by atoms with Crippen molar-refractivity contribution >= 4 is 19.8 Å². The Morgan fingerprint density at radius 3 is 1.72 bits per heavy atom. The monoisotopic (exact) mass is 838 g/mol. The molecule has 2 aromatic rings. The number of aryl methyl sites for hydroxylation is 5. The van der Waals surface area contributed by atoms with Crippen LogP contribution < -0.4 is 0 Å². The van der Waals surface area contributed by atoms with E-state index >= 15 is 0 Å². The first-order chi connectivity index (χ1) is 27.8. The Hall–Kier alpha value is -2.43. The standard InChI is InChI=1S/C46H80NO10P/c1-8-10-21-28-43-38(4)39(5)44(57-43)29-23-18-15-16-19-24-30-45(48)52-35-41(36-54-58(50,51)53-33-32-47(6)7)56-46(49)31-25-20-14-12-11-13-17-22-27-42-37(3)34-40(55-42)26-9-2/h34,41H,8-33,35-36H2,1-7H3,(H,50,51)/t41-/m1/s1. The SMILES string of the molecule is CCCCCc1oc(CCCCCCCCC(=O)OC[C@H](COP(=O)(O)OCCN(C)C)OC(=O)CCCCCCCCCCc2oc(CCC)cc2C)c(C)c1C. The molecule has 1 N–H and O–H groups in total. The number of likely N-dealkylation sites (N-methyl/N-ethyl adjacent to an activating group) is 1. The van der Waals surface area contributed by atoms with Crippen LogP contribution in [0.5, 0.6) is 0 Å². The molecule has 58 heavy (non-hydrogen) atoms. The fraction of sp³-hybridized carbons (Fsp3) is 0.783. The molecule has 0 radical (unpaired) electrons. The summed E-state index contributed by atoms with van der Waals surface area (Å²) >= 11 is 0. The summed E-state index contributed by atoms with van der Waals surface area (Å²) in [5.41, 5.74) is 3.87. The zero-order chi connectivity index (χ0) is 42.6. The van der Waals surface area contributed by atoms with Crippen molar-refractivity contribution in [1.29, 1.82) is 0 Å². The van der Waals surface area contributed by atoms with E-state index in [4.69, 9.17) is 27.4 Å². The average molecular weight is 838 g/mol. The van der Waals surface area contributed by atoms with E-state index in [0.717, 1.165) is 119 Å². The van der Waals surface area contributed by atoms with Gasteiger partial charge < -0.3 is 28.1 Å². The Labute approximate surface area is 351 Å². The van der Waals surface area contributed by atoms with E-state index < -0.39 is 32.5 Å². The van der Waals surface area contributed by atoms with Gasteiger partial charge in [0.05, 0.1) is 13.2 Å². The van der Waals surface area contributed by atoms with E-state index in [-0.39, 0.29) is 26.1 Å². The molecule has 1 unspecified atom stereocenters. The summed E-state index contributed by atoms with van der Waals surface area (Å²) in [6.07, 6.45) is 22.5. The Morgan fingerprint density at radius 1 is 0.655 bits per heavy atom. The summed E-state index contributed by atoms with van der Waals surface area (Å²) in [6.45, 7) is 10.6. The molecule has 0 amide bonds. The lowest BCUT2D eigenvalue weighted by Gasteiger charge is -2.20. The molecule has 0 bridgehead atoms. The second kappa shape index (κ2) is 30.6. The molecule has 0 aromatic carbocycles. The summed E-state index contributed by atoms with van der Waals surface area (Å²) in [5, 5.41) is 0. The number of phosphoric acid groups is 1. The molecule has 2 heterocycles. The third-order valence-electron chi connectivity index (χ3n) is 10.7. The van der Waals surface area contributed by atoms with Crippen LogP contribution >= 0.6 is 7.82 Å². The first-order valence-corrected chi connectivity index (χ1v) is 24.1. The van der Waals surface area contributed by atoms with Gasteiger partial charge in [-0.2, -0.15) is 0 Å². The van der Waals surface area contributed by atoms with Crippen LogP contribution in [0.2, 0.25) is 0 Å². The van der Waals surface area contributed by atoms with Crippen molar-refractivity contribution in [3.8, 4) is 0 Å².